The van der Waals surface area contributed by atoms with Gasteiger partial charge in [0, 0.05) is 34.2 Å². The summed E-state index contributed by atoms with van der Waals surface area (Å²) < 4.78 is 12.9. The lowest BCUT2D eigenvalue weighted by atomic mass is 10.3. The van der Waals surface area contributed by atoms with Crippen LogP contribution in [0.1, 0.15) is 6.92 Å². The second-order valence-corrected chi connectivity index (χ2v) is 5.21. The fraction of sp³-hybridized carbons (Fsp3) is 0.143. The third kappa shape index (κ3) is 3.71. The molecule has 0 aliphatic rings. The van der Waals surface area contributed by atoms with Gasteiger partial charge in [0.15, 0.2) is 0 Å². The number of anilines is 1. The number of hydrogen-bond acceptors (Lipinski definition) is 4. The predicted molar refractivity (Wildman–Crippen MR) is 77.8 cm³/mol. The Morgan fingerprint density at radius 1 is 1.20 bits per heavy atom. The Morgan fingerprint density at radius 2 is 1.90 bits per heavy atom. The summed E-state index contributed by atoms with van der Waals surface area (Å²) in [5.41, 5.74) is 0.736. The lowest BCUT2D eigenvalue weighted by Crippen LogP contribution is -1.98. The molecule has 0 fully saturated rings. The third-order valence-corrected chi connectivity index (χ3v) is 3.51. The molecule has 0 aliphatic heterocycles. The SMILES string of the molecule is CCNc1cc(Sc2ccc(F)cc2)cc([N+](=O)[O-])c1. The summed E-state index contributed by atoms with van der Waals surface area (Å²) in [7, 11) is 0. The van der Waals surface area contributed by atoms with Crippen LogP contribution in [0.2, 0.25) is 0 Å². The number of hydrogen-bond donors (Lipinski definition) is 1. The highest BCUT2D eigenvalue weighted by Gasteiger charge is 2.10. The average molecular weight is 292 g/mol. The molecule has 0 atom stereocenters. The van der Waals surface area contributed by atoms with E-state index in [9.17, 15) is 14.5 Å². The van der Waals surface area contributed by atoms with Gasteiger partial charge in [-0.15, -0.1) is 0 Å². The van der Waals surface area contributed by atoms with Crippen LogP contribution in [-0.4, -0.2) is 11.5 Å². The highest BCUT2D eigenvalue weighted by molar-refractivity contribution is 7.99. The second-order valence-electron chi connectivity index (χ2n) is 4.06. The Labute approximate surface area is 120 Å². The fourth-order valence-corrected chi connectivity index (χ4v) is 2.60. The first-order chi connectivity index (χ1) is 9.58. The molecule has 104 valence electrons. The average Bonchev–Trinajstić information content (AvgIpc) is 2.41. The van der Waals surface area contributed by atoms with Crippen LogP contribution in [-0.2, 0) is 0 Å². The molecule has 0 radical (unpaired) electrons. The quantitative estimate of drug-likeness (QED) is 0.658. The maximum Gasteiger partial charge on any atom is 0.272 e. The minimum atomic E-state index is -0.421. The van der Waals surface area contributed by atoms with E-state index in [2.05, 4.69) is 5.32 Å². The van der Waals surface area contributed by atoms with Gasteiger partial charge >= 0.3 is 0 Å². The standard InChI is InChI=1S/C14H13FN2O2S/c1-2-16-11-7-12(17(18)19)9-14(8-11)20-13-5-3-10(15)4-6-13/h3-9,16H,2H2,1H3. The van der Waals surface area contributed by atoms with Crippen molar-refractivity contribution in [1.29, 1.82) is 0 Å². The van der Waals surface area contributed by atoms with E-state index in [1.165, 1.54) is 36.0 Å². The first-order valence-electron chi connectivity index (χ1n) is 6.05. The number of halogens is 1. The smallest absolute Gasteiger partial charge is 0.272 e. The Morgan fingerprint density at radius 3 is 2.50 bits per heavy atom. The molecule has 0 bridgehead atoms. The number of nitro benzene ring substituents is 1. The summed E-state index contributed by atoms with van der Waals surface area (Å²) in [6.45, 7) is 2.60. The van der Waals surface area contributed by atoms with Crippen LogP contribution in [0.4, 0.5) is 15.8 Å². The summed E-state index contributed by atoms with van der Waals surface area (Å²) in [5, 5.41) is 14.0. The largest absolute Gasteiger partial charge is 0.385 e. The molecule has 2 aromatic rings. The fourth-order valence-electron chi connectivity index (χ4n) is 1.69. The molecule has 0 amide bonds. The Balaban J connectivity index is 2.29. The molecule has 0 saturated carbocycles. The zero-order valence-electron chi connectivity index (χ0n) is 10.8. The van der Waals surface area contributed by atoms with Crippen molar-refractivity contribution in [3.8, 4) is 0 Å². The van der Waals surface area contributed by atoms with Crippen molar-refractivity contribution in [2.75, 3.05) is 11.9 Å². The van der Waals surface area contributed by atoms with E-state index < -0.39 is 4.92 Å². The van der Waals surface area contributed by atoms with E-state index in [-0.39, 0.29) is 11.5 Å². The molecule has 0 unspecified atom stereocenters. The summed E-state index contributed by atoms with van der Waals surface area (Å²) >= 11 is 1.36. The number of nitro groups is 1. The Kier molecular flexibility index (Phi) is 4.57. The van der Waals surface area contributed by atoms with Gasteiger partial charge in [0.25, 0.3) is 5.69 Å². The van der Waals surface area contributed by atoms with E-state index in [1.54, 1.807) is 12.1 Å². The van der Waals surface area contributed by atoms with Gasteiger partial charge in [-0.05, 0) is 37.3 Å². The molecule has 0 heterocycles. The van der Waals surface area contributed by atoms with Crippen molar-refractivity contribution in [3.63, 3.8) is 0 Å². The third-order valence-electron chi connectivity index (χ3n) is 2.53. The van der Waals surface area contributed by atoms with Crippen LogP contribution < -0.4 is 5.32 Å². The van der Waals surface area contributed by atoms with Gasteiger partial charge in [-0.1, -0.05) is 11.8 Å². The molecule has 0 aliphatic carbocycles. The van der Waals surface area contributed by atoms with Gasteiger partial charge in [0.1, 0.15) is 5.82 Å². The van der Waals surface area contributed by atoms with E-state index >= 15 is 0 Å². The van der Waals surface area contributed by atoms with Gasteiger partial charge in [0.2, 0.25) is 0 Å². The normalized spacial score (nSPS) is 10.3. The topological polar surface area (TPSA) is 55.2 Å². The molecular weight excluding hydrogens is 279 g/mol. The van der Waals surface area contributed by atoms with Crippen molar-refractivity contribution in [2.45, 2.75) is 16.7 Å². The highest BCUT2D eigenvalue weighted by atomic mass is 32.2. The van der Waals surface area contributed by atoms with Gasteiger partial charge < -0.3 is 5.32 Å². The molecular formula is C14H13FN2O2S. The summed E-state index contributed by atoms with van der Waals surface area (Å²) in [6, 6.07) is 10.9. The van der Waals surface area contributed by atoms with E-state index in [0.717, 1.165) is 9.79 Å². The van der Waals surface area contributed by atoms with Crippen LogP contribution in [0.15, 0.2) is 52.3 Å². The van der Waals surface area contributed by atoms with E-state index in [4.69, 9.17) is 0 Å². The van der Waals surface area contributed by atoms with Gasteiger partial charge in [-0.3, -0.25) is 10.1 Å². The number of benzene rings is 2. The van der Waals surface area contributed by atoms with Crippen LogP contribution >= 0.6 is 11.8 Å². The lowest BCUT2D eigenvalue weighted by Gasteiger charge is -2.07. The van der Waals surface area contributed by atoms with Crippen molar-refractivity contribution in [3.05, 3.63) is 58.4 Å². The number of nitrogens with zero attached hydrogens (tertiary/aromatic N) is 1. The van der Waals surface area contributed by atoms with Crippen LogP contribution in [0.25, 0.3) is 0 Å². The number of rotatable bonds is 5. The predicted octanol–water partition coefficient (Wildman–Crippen LogP) is 4.32. The molecule has 1 N–H and O–H groups in total. The molecule has 20 heavy (non-hydrogen) atoms. The molecule has 0 aromatic heterocycles. The summed E-state index contributed by atoms with van der Waals surface area (Å²) in [4.78, 5) is 12.1. The van der Waals surface area contributed by atoms with Crippen molar-refractivity contribution >= 4 is 23.1 Å². The van der Waals surface area contributed by atoms with Crippen molar-refractivity contribution in [2.24, 2.45) is 0 Å². The molecule has 4 nitrogen and oxygen atoms in total. The maximum atomic E-state index is 12.9. The number of non-ortho nitro benzene ring substituents is 1. The minimum Gasteiger partial charge on any atom is -0.385 e. The number of nitrogens with one attached hydrogen (secondary N) is 1. The van der Waals surface area contributed by atoms with Crippen LogP contribution in [0, 0.1) is 15.9 Å². The minimum absolute atomic E-state index is 0.0352. The van der Waals surface area contributed by atoms with E-state index in [0.29, 0.717) is 12.2 Å². The summed E-state index contributed by atoms with van der Waals surface area (Å²) in [5.74, 6) is -0.304. The highest BCUT2D eigenvalue weighted by Crippen LogP contribution is 2.32. The Bertz CT molecular complexity index is 617. The first kappa shape index (κ1) is 14.3. The Hall–Kier alpha value is -2.08. The molecule has 0 saturated heterocycles. The maximum absolute atomic E-state index is 12.9. The molecule has 2 aromatic carbocycles. The van der Waals surface area contributed by atoms with Crippen LogP contribution in [0.3, 0.4) is 0 Å². The summed E-state index contributed by atoms with van der Waals surface area (Å²) in [6.07, 6.45) is 0. The lowest BCUT2D eigenvalue weighted by molar-refractivity contribution is -0.385. The molecule has 2 rings (SSSR count). The zero-order valence-corrected chi connectivity index (χ0v) is 11.6. The van der Waals surface area contributed by atoms with Crippen molar-refractivity contribution < 1.29 is 9.31 Å². The van der Waals surface area contributed by atoms with Gasteiger partial charge in [-0.2, -0.15) is 0 Å². The van der Waals surface area contributed by atoms with E-state index in [1.807, 2.05) is 13.0 Å². The van der Waals surface area contributed by atoms with Crippen LogP contribution in [0.5, 0.6) is 0 Å². The van der Waals surface area contributed by atoms with Crippen molar-refractivity contribution in [1.82, 2.24) is 0 Å². The molecule has 0 spiro atoms. The molecule has 6 heteroatoms. The van der Waals surface area contributed by atoms with Gasteiger partial charge in [0.05, 0.1) is 4.92 Å². The van der Waals surface area contributed by atoms with Gasteiger partial charge in [-0.25, -0.2) is 4.39 Å². The first-order valence-corrected chi connectivity index (χ1v) is 6.87. The monoisotopic (exact) mass is 292 g/mol. The zero-order chi connectivity index (χ0) is 14.5. The second kappa shape index (κ2) is 6.38.